The zero-order chi connectivity index (χ0) is 32.0. The van der Waals surface area contributed by atoms with Crippen LogP contribution in [0.15, 0.2) is 113 Å². The Hall–Kier alpha value is -5.00. The van der Waals surface area contributed by atoms with Crippen molar-refractivity contribution in [3.8, 4) is 11.5 Å². The molecule has 11 heteroatoms. The molecule has 4 aromatic carbocycles. The molecular formula is C35H28FN3O5S2. The number of Topliss-reactive ketones (excluding diaryl/α,β-unsaturated/α-hetero) is 1. The lowest BCUT2D eigenvalue weighted by atomic mass is 9.95. The number of aromatic nitrogens is 2. The summed E-state index contributed by atoms with van der Waals surface area (Å²) in [5.74, 6) is -1.19. The van der Waals surface area contributed by atoms with Crippen LogP contribution in [0.3, 0.4) is 0 Å². The van der Waals surface area contributed by atoms with Crippen molar-refractivity contribution in [3.05, 3.63) is 137 Å². The number of rotatable bonds is 11. The van der Waals surface area contributed by atoms with E-state index in [4.69, 9.17) is 9.47 Å². The molecule has 0 bridgehead atoms. The molecule has 1 unspecified atom stereocenters. The molecule has 0 aliphatic carbocycles. The number of ketones is 1. The molecule has 1 fully saturated rings. The first-order chi connectivity index (χ1) is 22.4. The number of hydrogen-bond acceptors (Lipinski definition) is 9. The smallest absolute Gasteiger partial charge is 0.301 e. The Balaban J connectivity index is 1.40. The van der Waals surface area contributed by atoms with Crippen molar-refractivity contribution in [3.63, 3.8) is 0 Å². The van der Waals surface area contributed by atoms with E-state index in [2.05, 4.69) is 10.2 Å². The molecule has 5 aromatic rings. The van der Waals surface area contributed by atoms with Gasteiger partial charge in [-0.15, -0.1) is 10.2 Å². The molecule has 1 saturated heterocycles. The third kappa shape index (κ3) is 6.65. The van der Waals surface area contributed by atoms with Gasteiger partial charge in [0, 0.05) is 11.3 Å². The van der Waals surface area contributed by atoms with Crippen molar-refractivity contribution < 1.29 is 28.6 Å². The van der Waals surface area contributed by atoms with Crippen molar-refractivity contribution in [2.45, 2.75) is 29.7 Å². The second-order valence-corrected chi connectivity index (χ2v) is 12.4. The van der Waals surface area contributed by atoms with Crippen LogP contribution in [0.5, 0.6) is 11.5 Å². The van der Waals surface area contributed by atoms with Gasteiger partial charge in [-0.3, -0.25) is 14.5 Å². The molecule has 232 valence electrons. The van der Waals surface area contributed by atoms with E-state index in [1.807, 2.05) is 67.6 Å². The number of amides is 1. The van der Waals surface area contributed by atoms with Crippen LogP contribution in [0.4, 0.5) is 9.52 Å². The lowest BCUT2D eigenvalue weighted by Crippen LogP contribution is -2.29. The first-order valence-corrected chi connectivity index (χ1v) is 16.2. The predicted molar refractivity (Wildman–Crippen MR) is 175 cm³/mol. The zero-order valence-electron chi connectivity index (χ0n) is 24.6. The molecule has 6 rings (SSSR count). The first-order valence-electron chi connectivity index (χ1n) is 14.4. The van der Waals surface area contributed by atoms with Crippen molar-refractivity contribution in [1.82, 2.24) is 10.2 Å². The minimum absolute atomic E-state index is 0.161. The monoisotopic (exact) mass is 653 g/mol. The second-order valence-electron chi connectivity index (χ2n) is 10.2. The Morgan fingerprint density at radius 1 is 0.891 bits per heavy atom. The van der Waals surface area contributed by atoms with E-state index in [0.717, 1.165) is 11.1 Å². The summed E-state index contributed by atoms with van der Waals surface area (Å²) in [6.07, 6.45) is 0. The summed E-state index contributed by atoms with van der Waals surface area (Å²) < 4.78 is 26.3. The molecule has 1 N–H and O–H groups in total. The highest BCUT2D eigenvalue weighted by Crippen LogP contribution is 2.45. The van der Waals surface area contributed by atoms with E-state index >= 15 is 0 Å². The summed E-state index contributed by atoms with van der Waals surface area (Å²) >= 11 is 2.63. The standard InChI is InChI=1S/C35H28FN3O5S2/c1-2-43-28-19-25(15-18-27(28)44-20-22-9-5-3-6-10-22)30-29(31(40)24-13-16-26(36)17-14-24)32(41)33(42)39(30)34-37-38-35(46-34)45-21-23-11-7-4-8-12-23/h3-19,30,40H,2,20-21H2,1H3/b31-29+. The van der Waals surface area contributed by atoms with E-state index in [1.54, 1.807) is 18.2 Å². The maximum atomic E-state index is 13.7. The highest BCUT2D eigenvalue weighted by atomic mass is 32.2. The van der Waals surface area contributed by atoms with Crippen molar-refractivity contribution >= 4 is 45.7 Å². The first kappa shape index (κ1) is 31.0. The number of halogens is 1. The predicted octanol–water partition coefficient (Wildman–Crippen LogP) is 7.57. The molecular weight excluding hydrogens is 626 g/mol. The molecule has 8 nitrogen and oxygen atoms in total. The number of ether oxygens (including phenoxy) is 2. The van der Waals surface area contributed by atoms with Crippen LogP contribution >= 0.6 is 23.1 Å². The van der Waals surface area contributed by atoms with Gasteiger partial charge in [0.15, 0.2) is 15.8 Å². The van der Waals surface area contributed by atoms with E-state index < -0.39 is 29.3 Å². The van der Waals surface area contributed by atoms with Gasteiger partial charge in [0.25, 0.3) is 5.78 Å². The van der Waals surface area contributed by atoms with Crippen LogP contribution in [0.2, 0.25) is 0 Å². The maximum Gasteiger partial charge on any atom is 0.301 e. The Kier molecular flexibility index (Phi) is 9.41. The van der Waals surface area contributed by atoms with Gasteiger partial charge in [-0.2, -0.15) is 0 Å². The Labute approximate surface area is 273 Å². The third-order valence-electron chi connectivity index (χ3n) is 7.19. The van der Waals surface area contributed by atoms with Crippen molar-refractivity contribution in [1.29, 1.82) is 0 Å². The summed E-state index contributed by atoms with van der Waals surface area (Å²) in [5, 5.41) is 20.2. The zero-order valence-corrected chi connectivity index (χ0v) is 26.3. The number of nitrogens with zero attached hydrogens (tertiary/aromatic N) is 3. The summed E-state index contributed by atoms with van der Waals surface area (Å²) in [5.41, 5.74) is 2.58. The lowest BCUT2D eigenvalue weighted by Gasteiger charge is -2.23. The number of anilines is 1. The van der Waals surface area contributed by atoms with Gasteiger partial charge in [0.05, 0.1) is 18.2 Å². The fourth-order valence-electron chi connectivity index (χ4n) is 5.00. The largest absolute Gasteiger partial charge is 0.507 e. The van der Waals surface area contributed by atoms with E-state index in [0.29, 0.717) is 40.4 Å². The van der Waals surface area contributed by atoms with Crippen LogP contribution in [-0.4, -0.2) is 33.6 Å². The molecule has 2 heterocycles. The SMILES string of the molecule is CCOc1cc(C2/C(=C(\O)c3ccc(F)cc3)C(=O)C(=O)N2c2nnc(SCc3ccccc3)s2)ccc1OCc1ccccc1. The molecule has 0 saturated carbocycles. The third-order valence-corrected chi connectivity index (χ3v) is 9.32. The number of aliphatic hydroxyl groups excluding tert-OH is 1. The summed E-state index contributed by atoms with van der Waals surface area (Å²) in [6.45, 7) is 2.47. The van der Waals surface area contributed by atoms with Crippen LogP contribution in [0.1, 0.15) is 35.2 Å². The molecule has 1 aliphatic rings. The molecule has 1 amide bonds. The van der Waals surface area contributed by atoms with Gasteiger partial charge < -0.3 is 14.6 Å². The van der Waals surface area contributed by atoms with Gasteiger partial charge in [0.1, 0.15) is 18.2 Å². The van der Waals surface area contributed by atoms with Crippen LogP contribution < -0.4 is 14.4 Å². The highest BCUT2D eigenvalue weighted by Gasteiger charge is 2.48. The molecule has 46 heavy (non-hydrogen) atoms. The van der Waals surface area contributed by atoms with E-state index in [9.17, 15) is 19.1 Å². The molecule has 1 aromatic heterocycles. The number of carbonyl (C=O) groups is 2. The fraction of sp³-hybridized carbons (Fsp3) is 0.143. The summed E-state index contributed by atoms with van der Waals surface area (Å²) in [7, 11) is 0. The number of hydrogen-bond donors (Lipinski definition) is 1. The minimum atomic E-state index is -1.08. The molecule has 1 atom stereocenters. The van der Waals surface area contributed by atoms with Crippen LogP contribution in [-0.2, 0) is 21.9 Å². The number of aliphatic hydroxyl groups is 1. The minimum Gasteiger partial charge on any atom is -0.507 e. The second kappa shape index (κ2) is 14.0. The Morgan fingerprint density at radius 3 is 2.28 bits per heavy atom. The summed E-state index contributed by atoms with van der Waals surface area (Å²) in [6, 6.07) is 28.6. The van der Waals surface area contributed by atoms with Crippen molar-refractivity contribution in [2.75, 3.05) is 11.5 Å². The normalized spacial score (nSPS) is 15.7. The average molecular weight is 654 g/mol. The quantitative estimate of drug-likeness (QED) is 0.0512. The van der Waals surface area contributed by atoms with E-state index in [-0.39, 0.29) is 16.3 Å². The highest BCUT2D eigenvalue weighted by molar-refractivity contribution is 8.00. The van der Waals surface area contributed by atoms with Crippen LogP contribution in [0, 0.1) is 5.82 Å². The van der Waals surface area contributed by atoms with Crippen LogP contribution in [0.25, 0.3) is 5.76 Å². The van der Waals surface area contributed by atoms with Gasteiger partial charge in [-0.25, -0.2) is 4.39 Å². The van der Waals surface area contributed by atoms with E-state index in [1.165, 1.54) is 52.3 Å². The van der Waals surface area contributed by atoms with Gasteiger partial charge in [-0.1, -0.05) is 89.8 Å². The summed E-state index contributed by atoms with van der Waals surface area (Å²) in [4.78, 5) is 28.5. The fourth-order valence-corrected chi connectivity index (χ4v) is 6.83. The van der Waals surface area contributed by atoms with Gasteiger partial charge >= 0.3 is 5.91 Å². The molecule has 1 aliphatic heterocycles. The van der Waals surface area contributed by atoms with Gasteiger partial charge in [-0.05, 0) is 60.0 Å². The average Bonchev–Trinajstić information content (AvgIpc) is 3.65. The number of carbonyl (C=O) groups excluding carboxylic acids is 2. The van der Waals surface area contributed by atoms with Gasteiger partial charge in [0.2, 0.25) is 5.13 Å². The molecule has 0 spiro atoms. The Bertz CT molecular complexity index is 1880. The number of benzene rings is 4. The Morgan fingerprint density at radius 2 is 1.59 bits per heavy atom. The topological polar surface area (TPSA) is 102 Å². The number of thioether (sulfide) groups is 1. The van der Waals surface area contributed by atoms with Crippen molar-refractivity contribution in [2.24, 2.45) is 0 Å². The molecule has 0 radical (unpaired) electrons. The lowest BCUT2D eigenvalue weighted by molar-refractivity contribution is -0.132. The maximum absolute atomic E-state index is 13.7.